The van der Waals surface area contributed by atoms with Crippen molar-refractivity contribution in [3.05, 3.63) is 48.0 Å². The van der Waals surface area contributed by atoms with E-state index in [9.17, 15) is 20.0 Å². The van der Waals surface area contributed by atoms with Crippen LogP contribution >= 0.6 is 0 Å². The van der Waals surface area contributed by atoms with E-state index < -0.39 is 24.3 Å². The van der Waals surface area contributed by atoms with E-state index in [-0.39, 0.29) is 18.0 Å². The van der Waals surface area contributed by atoms with Gasteiger partial charge in [0.05, 0.1) is 17.6 Å². The number of fused-ring (bicyclic) bond motifs is 1. The van der Waals surface area contributed by atoms with Crippen molar-refractivity contribution in [2.45, 2.75) is 6.92 Å². The molecule has 0 aliphatic carbocycles. The van der Waals surface area contributed by atoms with E-state index in [1.165, 1.54) is 0 Å². The molecule has 0 spiro atoms. The quantitative estimate of drug-likeness (QED) is 0.356. The number of nitrogens with one attached hydrogen (secondary N) is 1. The van der Waals surface area contributed by atoms with Crippen LogP contribution in [0.1, 0.15) is 12.7 Å². The number of para-hydroxylation sites is 2. The Morgan fingerprint density at radius 2 is 1.96 bits per heavy atom. The number of benzene rings is 1. The Kier molecular flexibility index (Phi) is 5.90. The summed E-state index contributed by atoms with van der Waals surface area (Å²) in [6, 6.07) is 8.94. The van der Waals surface area contributed by atoms with Gasteiger partial charge in [-0.15, -0.1) is 0 Å². The molecule has 0 saturated carbocycles. The summed E-state index contributed by atoms with van der Waals surface area (Å²) < 4.78 is 9.39. The van der Waals surface area contributed by atoms with Gasteiger partial charge in [0.25, 0.3) is 0 Å². The molecule has 128 valence electrons. The maximum atomic E-state index is 11.5. The number of imidazole rings is 1. The number of esters is 2. The molecule has 0 atom stereocenters. The summed E-state index contributed by atoms with van der Waals surface area (Å²) in [6.45, 7) is 1.28. The molecule has 2 aromatic rings. The average molecular weight is 341 g/mol. The summed E-state index contributed by atoms with van der Waals surface area (Å²) in [7, 11) is 0. The number of allylic oxidation sites excluding steroid dienone is 1. The zero-order chi connectivity index (χ0) is 18.2. The first kappa shape index (κ1) is 17.7. The lowest BCUT2D eigenvalue weighted by atomic mass is 10.2. The Bertz CT molecular complexity index is 856. The third kappa shape index (κ3) is 4.68. The van der Waals surface area contributed by atoms with Crippen LogP contribution < -0.4 is 0 Å². The number of nitrogens with zero attached hydrogens (tertiary/aromatic N) is 2. The van der Waals surface area contributed by atoms with E-state index in [0.29, 0.717) is 11.0 Å². The molecule has 8 nitrogen and oxygen atoms in total. The standard InChI is InChI=1S/C17H15N3O5/c1-2-24-15(22)7-8-16(23)25-10-14(21)11(9-18)17-19-12-5-3-4-6-13(12)20-17/h3-8,21H,2,10H2,1H3,(H,19,20)/b8-7?,14-11-. The topological polar surface area (TPSA) is 125 Å². The van der Waals surface area contributed by atoms with Crippen molar-refractivity contribution in [1.82, 2.24) is 9.97 Å². The van der Waals surface area contributed by atoms with Crippen LogP contribution in [0.3, 0.4) is 0 Å². The first-order chi connectivity index (χ1) is 12.0. The van der Waals surface area contributed by atoms with Crippen molar-refractivity contribution in [3.8, 4) is 6.07 Å². The highest BCUT2D eigenvalue weighted by Crippen LogP contribution is 2.18. The highest BCUT2D eigenvalue weighted by Gasteiger charge is 2.14. The molecule has 0 aliphatic heterocycles. The molecule has 1 aromatic carbocycles. The van der Waals surface area contributed by atoms with E-state index >= 15 is 0 Å². The lowest BCUT2D eigenvalue weighted by Gasteiger charge is -2.03. The van der Waals surface area contributed by atoms with Gasteiger partial charge in [0.2, 0.25) is 0 Å². The predicted octanol–water partition coefficient (Wildman–Crippen LogP) is 2.02. The van der Waals surface area contributed by atoms with Crippen molar-refractivity contribution in [1.29, 1.82) is 5.26 Å². The Hall–Kier alpha value is -3.60. The van der Waals surface area contributed by atoms with Gasteiger partial charge in [0, 0.05) is 12.2 Å². The van der Waals surface area contributed by atoms with Gasteiger partial charge in [-0.05, 0) is 19.1 Å². The second kappa shape index (κ2) is 8.31. The van der Waals surface area contributed by atoms with E-state index in [1.807, 2.05) is 6.07 Å². The fourth-order valence-electron chi connectivity index (χ4n) is 1.91. The van der Waals surface area contributed by atoms with Crippen molar-refractivity contribution in [3.63, 3.8) is 0 Å². The molecule has 0 saturated heterocycles. The van der Waals surface area contributed by atoms with Gasteiger partial charge in [0.1, 0.15) is 18.2 Å². The third-order valence-electron chi connectivity index (χ3n) is 3.02. The largest absolute Gasteiger partial charge is 0.507 e. The van der Waals surface area contributed by atoms with Crippen LogP contribution in [0.2, 0.25) is 0 Å². The molecule has 8 heteroatoms. The van der Waals surface area contributed by atoms with E-state index in [4.69, 9.17) is 4.74 Å². The maximum Gasteiger partial charge on any atom is 0.331 e. The lowest BCUT2D eigenvalue weighted by Crippen LogP contribution is -2.08. The van der Waals surface area contributed by atoms with E-state index in [0.717, 1.165) is 12.2 Å². The molecule has 2 N–H and O–H groups in total. The normalized spacial score (nSPS) is 11.8. The van der Waals surface area contributed by atoms with Crippen LogP contribution in [-0.4, -0.2) is 40.2 Å². The number of nitriles is 1. The van der Waals surface area contributed by atoms with Gasteiger partial charge in [-0.2, -0.15) is 5.26 Å². The van der Waals surface area contributed by atoms with Gasteiger partial charge in [-0.1, -0.05) is 12.1 Å². The molecular weight excluding hydrogens is 326 g/mol. The number of carbonyl (C=O) groups excluding carboxylic acids is 2. The van der Waals surface area contributed by atoms with Gasteiger partial charge < -0.3 is 19.6 Å². The minimum absolute atomic E-state index is 0.140. The number of hydrogen-bond donors (Lipinski definition) is 2. The summed E-state index contributed by atoms with van der Waals surface area (Å²) in [5, 5.41) is 19.2. The fraction of sp³-hybridized carbons (Fsp3) is 0.176. The molecule has 0 radical (unpaired) electrons. The smallest absolute Gasteiger partial charge is 0.331 e. The molecule has 0 amide bonds. The molecule has 0 aliphatic rings. The van der Waals surface area contributed by atoms with Gasteiger partial charge in [0.15, 0.2) is 11.6 Å². The molecule has 0 bridgehead atoms. The number of H-pyrrole nitrogens is 1. The predicted molar refractivity (Wildman–Crippen MR) is 88.0 cm³/mol. The number of aliphatic hydroxyl groups excluding tert-OH is 1. The monoisotopic (exact) mass is 341 g/mol. The van der Waals surface area contributed by atoms with Gasteiger partial charge in [-0.3, -0.25) is 0 Å². The average Bonchev–Trinajstić information content (AvgIpc) is 3.02. The number of aromatic amines is 1. The Balaban J connectivity index is 2.07. The Morgan fingerprint density at radius 1 is 1.28 bits per heavy atom. The molecule has 25 heavy (non-hydrogen) atoms. The van der Waals surface area contributed by atoms with Crippen molar-refractivity contribution in [2.75, 3.05) is 13.2 Å². The van der Waals surface area contributed by atoms with Gasteiger partial charge >= 0.3 is 11.9 Å². The number of rotatable bonds is 6. The van der Waals surface area contributed by atoms with Crippen molar-refractivity contribution < 1.29 is 24.2 Å². The first-order valence-electron chi connectivity index (χ1n) is 7.34. The van der Waals surface area contributed by atoms with Crippen LogP contribution in [0, 0.1) is 11.3 Å². The van der Waals surface area contributed by atoms with Crippen LogP contribution in [0.4, 0.5) is 0 Å². The Labute approximate surface area is 143 Å². The minimum atomic E-state index is -0.860. The molecule has 0 fully saturated rings. The van der Waals surface area contributed by atoms with E-state index in [1.54, 1.807) is 31.2 Å². The lowest BCUT2D eigenvalue weighted by molar-refractivity contribution is -0.140. The van der Waals surface area contributed by atoms with Crippen molar-refractivity contribution in [2.24, 2.45) is 0 Å². The summed E-state index contributed by atoms with van der Waals surface area (Å²) in [5.41, 5.74) is 1.19. The van der Waals surface area contributed by atoms with E-state index in [2.05, 4.69) is 14.7 Å². The van der Waals surface area contributed by atoms with Crippen LogP contribution in [0.25, 0.3) is 16.6 Å². The van der Waals surface area contributed by atoms with Crippen LogP contribution in [0.15, 0.2) is 42.2 Å². The minimum Gasteiger partial charge on any atom is -0.507 e. The highest BCUT2D eigenvalue weighted by atomic mass is 16.5. The summed E-state index contributed by atoms with van der Waals surface area (Å²) in [4.78, 5) is 29.7. The molecular formula is C17H15N3O5. The molecule has 2 rings (SSSR count). The number of ether oxygens (including phenoxy) is 2. The Morgan fingerprint density at radius 3 is 2.60 bits per heavy atom. The zero-order valence-corrected chi connectivity index (χ0v) is 13.4. The molecule has 1 heterocycles. The summed E-state index contributed by atoms with van der Waals surface area (Å²) in [5.74, 6) is -1.83. The first-order valence-corrected chi connectivity index (χ1v) is 7.34. The molecule has 1 aromatic heterocycles. The molecule has 0 unspecified atom stereocenters. The van der Waals surface area contributed by atoms with Gasteiger partial charge in [-0.25, -0.2) is 14.6 Å². The highest BCUT2D eigenvalue weighted by molar-refractivity contribution is 5.91. The fourth-order valence-corrected chi connectivity index (χ4v) is 1.91. The summed E-state index contributed by atoms with van der Waals surface area (Å²) in [6.07, 6.45) is 1.79. The SMILES string of the molecule is CCOC(=O)C=CC(=O)OC/C(O)=C(\C#N)c1nc2ccccc2[nH]1. The second-order valence-corrected chi connectivity index (χ2v) is 4.73. The maximum absolute atomic E-state index is 11.5. The number of aliphatic hydroxyl groups is 1. The van der Waals surface area contributed by atoms with Crippen molar-refractivity contribution >= 4 is 28.5 Å². The number of hydrogen-bond acceptors (Lipinski definition) is 7. The number of aromatic nitrogens is 2. The third-order valence-corrected chi connectivity index (χ3v) is 3.02. The zero-order valence-electron chi connectivity index (χ0n) is 13.4. The second-order valence-electron chi connectivity index (χ2n) is 4.73. The van der Waals surface area contributed by atoms with Crippen LogP contribution in [-0.2, 0) is 19.1 Å². The summed E-state index contributed by atoms with van der Waals surface area (Å²) >= 11 is 0. The number of carbonyl (C=O) groups is 2. The van der Waals surface area contributed by atoms with Crippen LogP contribution in [0.5, 0.6) is 0 Å².